The number of piperidine rings is 1. The molecule has 1 unspecified atom stereocenters. The number of amides is 1. The fraction of sp³-hybridized carbons (Fsp3) is 0.696. The molecule has 0 bridgehead atoms. The molecule has 1 aliphatic heterocycles. The molecule has 10 heteroatoms. The predicted molar refractivity (Wildman–Crippen MR) is 128 cm³/mol. The van der Waals surface area contributed by atoms with Gasteiger partial charge in [0.1, 0.15) is 29.6 Å². The van der Waals surface area contributed by atoms with Gasteiger partial charge in [0.25, 0.3) is 0 Å². The number of carbonyl (C=O) groups is 1. The van der Waals surface area contributed by atoms with Gasteiger partial charge in [-0.25, -0.2) is 9.48 Å². The van der Waals surface area contributed by atoms with Crippen LogP contribution in [0.2, 0.25) is 0 Å². The van der Waals surface area contributed by atoms with E-state index in [2.05, 4.69) is 36.5 Å². The summed E-state index contributed by atoms with van der Waals surface area (Å²) in [6.07, 6.45) is 3.19. The lowest BCUT2D eigenvalue weighted by molar-refractivity contribution is 0.0421. The van der Waals surface area contributed by atoms with Gasteiger partial charge in [0.05, 0.1) is 9.99 Å². The molecule has 2 aromatic rings. The number of aliphatic hydroxyl groups excluding tert-OH is 1. The summed E-state index contributed by atoms with van der Waals surface area (Å²) in [5, 5.41) is 22.0. The first-order valence-corrected chi connectivity index (χ1v) is 12.5. The molecule has 1 aromatic carbocycles. The number of aromatic nitrogens is 3. The van der Waals surface area contributed by atoms with E-state index in [0.29, 0.717) is 12.3 Å². The van der Waals surface area contributed by atoms with Crippen molar-refractivity contribution < 1.29 is 19.4 Å². The summed E-state index contributed by atoms with van der Waals surface area (Å²) in [7, 11) is 0. The van der Waals surface area contributed by atoms with Gasteiger partial charge in [0.2, 0.25) is 0 Å². The molecular formula is C23H34BrN5O4. The van der Waals surface area contributed by atoms with Gasteiger partial charge < -0.3 is 24.8 Å². The number of aliphatic hydroxyl groups is 1. The second-order valence-corrected chi connectivity index (χ2v) is 10.9. The van der Waals surface area contributed by atoms with Crippen molar-refractivity contribution in [1.29, 1.82) is 0 Å². The number of halogens is 1. The van der Waals surface area contributed by atoms with E-state index in [-0.39, 0.29) is 18.7 Å². The maximum Gasteiger partial charge on any atom is 0.407 e. The summed E-state index contributed by atoms with van der Waals surface area (Å²) < 4.78 is 13.9. The van der Waals surface area contributed by atoms with E-state index in [0.717, 1.165) is 53.9 Å². The number of likely N-dealkylation sites (tertiary alicyclic amines) is 1. The summed E-state index contributed by atoms with van der Waals surface area (Å²) in [5.74, 6) is 1.37. The SMILES string of the molecule is CC(C)(C)OC(=O)NC1CCN(CC(O)COc2ccc3c(nnn3CC3CC3)c2Br)CC1. The van der Waals surface area contributed by atoms with Crippen LogP contribution in [0.5, 0.6) is 5.75 Å². The number of ether oxygens (including phenoxy) is 2. The van der Waals surface area contributed by atoms with Crippen LogP contribution in [0.15, 0.2) is 16.6 Å². The van der Waals surface area contributed by atoms with Crippen LogP contribution in [0.25, 0.3) is 11.0 Å². The summed E-state index contributed by atoms with van der Waals surface area (Å²) in [4.78, 5) is 14.1. The van der Waals surface area contributed by atoms with Crippen LogP contribution >= 0.6 is 15.9 Å². The zero-order valence-corrected chi connectivity index (χ0v) is 21.2. The molecule has 2 N–H and O–H groups in total. The van der Waals surface area contributed by atoms with Crippen molar-refractivity contribution in [2.45, 2.75) is 70.7 Å². The molecule has 1 aromatic heterocycles. The fourth-order valence-corrected chi connectivity index (χ4v) is 4.58. The molecule has 4 rings (SSSR count). The number of benzene rings is 1. The van der Waals surface area contributed by atoms with Crippen molar-refractivity contribution in [2.24, 2.45) is 5.92 Å². The number of carbonyl (C=O) groups excluding carboxylic acids is 1. The molecule has 1 amide bonds. The van der Waals surface area contributed by atoms with Gasteiger partial charge in [-0.3, -0.25) is 0 Å². The quantitative estimate of drug-likeness (QED) is 0.546. The molecule has 2 heterocycles. The number of fused-ring (bicyclic) bond motifs is 1. The monoisotopic (exact) mass is 523 g/mol. The highest BCUT2D eigenvalue weighted by Crippen LogP contribution is 2.35. The van der Waals surface area contributed by atoms with Crippen molar-refractivity contribution in [2.75, 3.05) is 26.2 Å². The Balaban J connectivity index is 1.21. The molecule has 1 saturated carbocycles. The van der Waals surface area contributed by atoms with Crippen LogP contribution in [-0.2, 0) is 11.3 Å². The van der Waals surface area contributed by atoms with Gasteiger partial charge in [-0.1, -0.05) is 5.21 Å². The van der Waals surface area contributed by atoms with Crippen LogP contribution in [0.4, 0.5) is 4.79 Å². The molecule has 1 atom stereocenters. The molecule has 182 valence electrons. The molecule has 9 nitrogen and oxygen atoms in total. The zero-order chi connectivity index (χ0) is 23.6. The Morgan fingerprint density at radius 2 is 2.00 bits per heavy atom. The maximum atomic E-state index is 11.9. The maximum absolute atomic E-state index is 11.9. The molecule has 1 aliphatic carbocycles. The highest BCUT2D eigenvalue weighted by atomic mass is 79.9. The highest BCUT2D eigenvalue weighted by molar-refractivity contribution is 9.10. The van der Waals surface area contributed by atoms with Crippen molar-refractivity contribution >= 4 is 33.1 Å². The molecule has 0 spiro atoms. The molecule has 2 aliphatic rings. The first-order chi connectivity index (χ1) is 15.7. The highest BCUT2D eigenvalue weighted by Gasteiger charge is 2.26. The van der Waals surface area contributed by atoms with Crippen molar-refractivity contribution in [3.63, 3.8) is 0 Å². The van der Waals surface area contributed by atoms with Crippen molar-refractivity contribution in [3.8, 4) is 5.75 Å². The average molecular weight is 524 g/mol. The Kier molecular flexibility index (Phi) is 7.45. The van der Waals surface area contributed by atoms with Crippen molar-refractivity contribution in [1.82, 2.24) is 25.2 Å². The lowest BCUT2D eigenvalue weighted by atomic mass is 10.0. The Hall–Kier alpha value is -1.91. The fourth-order valence-electron chi connectivity index (χ4n) is 4.05. The number of hydrogen-bond donors (Lipinski definition) is 2. The lowest BCUT2D eigenvalue weighted by Crippen LogP contribution is -2.48. The van der Waals surface area contributed by atoms with E-state index in [1.807, 2.05) is 37.6 Å². The van der Waals surface area contributed by atoms with E-state index in [1.165, 1.54) is 12.8 Å². The van der Waals surface area contributed by atoms with Crippen molar-refractivity contribution in [3.05, 3.63) is 16.6 Å². The van der Waals surface area contributed by atoms with Crippen LogP contribution in [-0.4, -0.2) is 75.1 Å². The van der Waals surface area contributed by atoms with E-state index < -0.39 is 11.7 Å². The second-order valence-electron chi connectivity index (χ2n) is 10.1. The Bertz CT molecular complexity index is 964. The summed E-state index contributed by atoms with van der Waals surface area (Å²) >= 11 is 3.59. The number of nitrogens with zero attached hydrogens (tertiary/aromatic N) is 4. The Morgan fingerprint density at radius 1 is 1.27 bits per heavy atom. The van der Waals surface area contributed by atoms with E-state index in [4.69, 9.17) is 9.47 Å². The van der Waals surface area contributed by atoms with E-state index >= 15 is 0 Å². The minimum atomic E-state index is -0.617. The third kappa shape index (κ3) is 6.80. The number of hydrogen-bond acceptors (Lipinski definition) is 7. The number of β-amino-alcohol motifs (C(OH)–C–C–N with tert-alkyl or cyclic N) is 1. The van der Waals surface area contributed by atoms with Gasteiger partial charge in [-0.2, -0.15) is 0 Å². The molecular weight excluding hydrogens is 490 g/mol. The van der Waals surface area contributed by atoms with Crippen LogP contribution in [0, 0.1) is 5.92 Å². The van der Waals surface area contributed by atoms with Gasteiger partial charge in [0, 0.05) is 32.2 Å². The first-order valence-electron chi connectivity index (χ1n) is 11.7. The number of nitrogens with one attached hydrogen (secondary N) is 1. The van der Waals surface area contributed by atoms with Crippen LogP contribution < -0.4 is 10.1 Å². The van der Waals surface area contributed by atoms with Gasteiger partial charge in [-0.05, 0) is 80.4 Å². The summed E-state index contributed by atoms with van der Waals surface area (Å²) in [5.41, 5.74) is 1.27. The lowest BCUT2D eigenvalue weighted by Gasteiger charge is -2.33. The predicted octanol–water partition coefficient (Wildman–Crippen LogP) is 3.33. The third-order valence-corrected chi connectivity index (χ3v) is 6.69. The largest absolute Gasteiger partial charge is 0.490 e. The first kappa shape index (κ1) is 24.2. The van der Waals surface area contributed by atoms with Gasteiger partial charge in [0.15, 0.2) is 0 Å². The van der Waals surface area contributed by atoms with Gasteiger partial charge in [-0.15, -0.1) is 5.10 Å². The van der Waals surface area contributed by atoms with Crippen LogP contribution in [0.1, 0.15) is 46.5 Å². The summed E-state index contributed by atoms with van der Waals surface area (Å²) in [6.45, 7) is 8.79. The van der Waals surface area contributed by atoms with Crippen LogP contribution in [0.3, 0.4) is 0 Å². The Morgan fingerprint density at radius 3 is 2.67 bits per heavy atom. The summed E-state index contributed by atoms with van der Waals surface area (Å²) in [6, 6.07) is 3.98. The average Bonchev–Trinajstić information content (AvgIpc) is 3.46. The standard InChI is InChI=1S/C23H34BrN5O4/c1-23(2,3)33-22(31)25-16-8-10-28(11-9-16)13-17(30)14-32-19-7-6-18-21(20(19)24)26-27-29(18)12-15-4-5-15/h6-7,15-17,30H,4-5,8-14H2,1-3H3,(H,25,31). The molecule has 0 radical (unpaired) electrons. The molecule has 2 fully saturated rings. The molecule has 33 heavy (non-hydrogen) atoms. The zero-order valence-electron chi connectivity index (χ0n) is 19.6. The minimum Gasteiger partial charge on any atom is -0.490 e. The second kappa shape index (κ2) is 10.1. The Labute approximate surface area is 202 Å². The topological polar surface area (TPSA) is 102 Å². The normalized spacial score (nSPS) is 18.9. The minimum absolute atomic E-state index is 0.0977. The third-order valence-electron chi connectivity index (χ3n) is 5.93. The smallest absolute Gasteiger partial charge is 0.407 e. The van der Waals surface area contributed by atoms with Gasteiger partial charge >= 0.3 is 6.09 Å². The van der Waals surface area contributed by atoms with E-state index in [9.17, 15) is 9.90 Å². The number of alkyl carbamates (subject to hydrolysis) is 1. The molecule has 1 saturated heterocycles. The van der Waals surface area contributed by atoms with E-state index in [1.54, 1.807) is 0 Å². The number of rotatable bonds is 8.